The van der Waals surface area contributed by atoms with E-state index in [1.165, 1.54) is 12.0 Å². The molecule has 0 aliphatic heterocycles. The number of hydrogen-bond donors (Lipinski definition) is 1. The van der Waals surface area contributed by atoms with Crippen LogP contribution in [0.3, 0.4) is 0 Å². The highest BCUT2D eigenvalue weighted by Gasteiger charge is 2.17. The Balaban J connectivity index is 3.88. The normalized spacial score (nSPS) is 14.0. The maximum absolute atomic E-state index is 11.1. The van der Waals surface area contributed by atoms with E-state index < -0.39 is 5.97 Å². The summed E-state index contributed by atoms with van der Waals surface area (Å²) in [5.41, 5.74) is 1.37. The molecule has 0 radical (unpaired) electrons. The Bertz CT molecular complexity index is 257. The van der Waals surface area contributed by atoms with Gasteiger partial charge in [0.25, 0.3) is 0 Å². The summed E-state index contributed by atoms with van der Waals surface area (Å²) in [6, 6.07) is 0. The summed E-state index contributed by atoms with van der Waals surface area (Å²) < 4.78 is 0. The molecule has 0 bridgehead atoms. The summed E-state index contributed by atoms with van der Waals surface area (Å²) in [4.78, 5) is 11.1. The van der Waals surface area contributed by atoms with Crippen molar-refractivity contribution in [1.82, 2.24) is 0 Å². The SMILES string of the molecule is CSCCC(CCC(C)CCC=C(C)C)C(=O)O. The first kappa shape index (κ1) is 17.6. The summed E-state index contributed by atoms with van der Waals surface area (Å²) in [6.07, 6.45) is 9.23. The van der Waals surface area contributed by atoms with Crippen LogP contribution in [0.4, 0.5) is 0 Å². The van der Waals surface area contributed by atoms with Crippen LogP contribution < -0.4 is 0 Å². The Hall–Kier alpha value is -0.440. The molecule has 0 aromatic carbocycles. The number of hydrogen-bond acceptors (Lipinski definition) is 2. The molecule has 0 aliphatic carbocycles. The van der Waals surface area contributed by atoms with E-state index in [0.717, 1.165) is 31.4 Å². The molecule has 0 spiro atoms. The minimum atomic E-state index is -0.624. The number of aliphatic carboxylic acids is 1. The minimum absolute atomic E-state index is 0.150. The zero-order valence-corrected chi connectivity index (χ0v) is 13.1. The van der Waals surface area contributed by atoms with Crippen molar-refractivity contribution in [2.45, 2.75) is 52.9 Å². The average Bonchev–Trinajstić information content (AvgIpc) is 2.28. The van der Waals surface area contributed by atoms with Gasteiger partial charge in [0.05, 0.1) is 5.92 Å². The van der Waals surface area contributed by atoms with E-state index in [1.54, 1.807) is 11.8 Å². The second-order valence-electron chi connectivity index (χ2n) is 5.36. The van der Waals surface area contributed by atoms with E-state index in [1.807, 2.05) is 6.26 Å². The van der Waals surface area contributed by atoms with E-state index in [4.69, 9.17) is 5.11 Å². The molecule has 0 saturated heterocycles. The first-order chi connectivity index (χ1) is 8.47. The van der Waals surface area contributed by atoms with Crippen LogP contribution in [0.2, 0.25) is 0 Å². The Labute approximate surface area is 116 Å². The molecular formula is C15H28O2S. The highest BCUT2D eigenvalue weighted by atomic mass is 32.2. The van der Waals surface area contributed by atoms with Gasteiger partial charge in [-0.15, -0.1) is 0 Å². The third kappa shape index (κ3) is 9.58. The lowest BCUT2D eigenvalue weighted by atomic mass is 9.92. The highest BCUT2D eigenvalue weighted by Crippen LogP contribution is 2.21. The molecule has 0 aliphatic rings. The average molecular weight is 272 g/mol. The number of allylic oxidation sites excluding steroid dienone is 2. The summed E-state index contributed by atoms with van der Waals surface area (Å²) in [5, 5.41) is 9.14. The fourth-order valence-corrected chi connectivity index (χ4v) is 2.46. The van der Waals surface area contributed by atoms with Crippen molar-refractivity contribution < 1.29 is 9.90 Å². The second kappa shape index (κ2) is 10.5. The zero-order valence-electron chi connectivity index (χ0n) is 12.2. The van der Waals surface area contributed by atoms with Gasteiger partial charge in [-0.25, -0.2) is 0 Å². The molecule has 0 fully saturated rings. The standard InChI is InChI=1S/C15H28O2S/c1-12(2)6-5-7-13(3)8-9-14(15(16)17)10-11-18-4/h6,13-14H,5,7-11H2,1-4H3,(H,16,17). The van der Waals surface area contributed by atoms with Crippen molar-refractivity contribution in [3.8, 4) is 0 Å². The number of carboxylic acids is 1. The van der Waals surface area contributed by atoms with Gasteiger partial charge >= 0.3 is 5.97 Å². The van der Waals surface area contributed by atoms with E-state index in [0.29, 0.717) is 5.92 Å². The molecule has 0 aromatic rings. The summed E-state index contributed by atoms with van der Waals surface area (Å²) >= 11 is 1.73. The number of thioether (sulfide) groups is 1. The quantitative estimate of drug-likeness (QED) is 0.590. The lowest BCUT2D eigenvalue weighted by Crippen LogP contribution is -2.15. The maximum Gasteiger partial charge on any atom is 0.306 e. The molecule has 2 unspecified atom stereocenters. The Kier molecular flexibility index (Phi) is 10.2. The Morgan fingerprint density at radius 2 is 1.89 bits per heavy atom. The van der Waals surface area contributed by atoms with Crippen molar-refractivity contribution >= 4 is 17.7 Å². The van der Waals surface area contributed by atoms with Crippen molar-refractivity contribution in [1.29, 1.82) is 0 Å². The van der Waals surface area contributed by atoms with Gasteiger partial charge in [-0.1, -0.05) is 18.6 Å². The maximum atomic E-state index is 11.1. The number of rotatable bonds is 10. The van der Waals surface area contributed by atoms with Gasteiger partial charge in [-0.05, 0) is 63.9 Å². The molecule has 2 nitrogen and oxygen atoms in total. The van der Waals surface area contributed by atoms with Gasteiger partial charge < -0.3 is 5.11 Å². The van der Waals surface area contributed by atoms with Gasteiger partial charge in [0.1, 0.15) is 0 Å². The molecule has 0 aromatic heterocycles. The molecule has 106 valence electrons. The lowest BCUT2D eigenvalue weighted by molar-refractivity contribution is -0.142. The Morgan fingerprint density at radius 3 is 2.39 bits per heavy atom. The van der Waals surface area contributed by atoms with E-state index in [9.17, 15) is 4.79 Å². The predicted octanol–water partition coefficient (Wildman–Crippen LogP) is 4.60. The largest absolute Gasteiger partial charge is 0.481 e. The van der Waals surface area contributed by atoms with E-state index >= 15 is 0 Å². The van der Waals surface area contributed by atoms with Gasteiger partial charge in [0, 0.05) is 0 Å². The first-order valence-corrected chi connectivity index (χ1v) is 8.21. The summed E-state index contributed by atoms with van der Waals surface area (Å²) in [6.45, 7) is 6.47. The molecule has 0 rings (SSSR count). The smallest absolute Gasteiger partial charge is 0.306 e. The third-order valence-electron chi connectivity index (χ3n) is 3.24. The molecule has 18 heavy (non-hydrogen) atoms. The van der Waals surface area contributed by atoms with Gasteiger partial charge in [0.15, 0.2) is 0 Å². The van der Waals surface area contributed by atoms with Crippen LogP contribution in [0.1, 0.15) is 52.9 Å². The van der Waals surface area contributed by atoms with Crippen LogP contribution in [0.5, 0.6) is 0 Å². The molecular weight excluding hydrogens is 244 g/mol. The van der Waals surface area contributed by atoms with Crippen LogP contribution in [0.15, 0.2) is 11.6 Å². The van der Waals surface area contributed by atoms with Crippen molar-refractivity contribution in [3.05, 3.63) is 11.6 Å². The van der Waals surface area contributed by atoms with Crippen LogP contribution in [0.25, 0.3) is 0 Å². The predicted molar refractivity (Wildman–Crippen MR) is 81.2 cm³/mol. The molecule has 0 heterocycles. The van der Waals surface area contributed by atoms with Crippen molar-refractivity contribution in [3.63, 3.8) is 0 Å². The van der Waals surface area contributed by atoms with Crippen LogP contribution >= 0.6 is 11.8 Å². The molecule has 0 saturated carbocycles. The van der Waals surface area contributed by atoms with E-state index in [2.05, 4.69) is 26.8 Å². The number of carboxylic acid groups (broad SMARTS) is 1. The van der Waals surface area contributed by atoms with Gasteiger partial charge in [0.2, 0.25) is 0 Å². The highest BCUT2D eigenvalue weighted by molar-refractivity contribution is 7.98. The van der Waals surface area contributed by atoms with Gasteiger partial charge in [-0.2, -0.15) is 11.8 Å². The first-order valence-electron chi connectivity index (χ1n) is 6.82. The molecule has 0 amide bonds. The third-order valence-corrected chi connectivity index (χ3v) is 3.88. The van der Waals surface area contributed by atoms with Crippen LogP contribution in [-0.4, -0.2) is 23.1 Å². The molecule has 3 heteroatoms. The van der Waals surface area contributed by atoms with Crippen LogP contribution in [-0.2, 0) is 4.79 Å². The molecule has 1 N–H and O–H groups in total. The topological polar surface area (TPSA) is 37.3 Å². The van der Waals surface area contributed by atoms with Crippen molar-refractivity contribution in [2.24, 2.45) is 11.8 Å². The summed E-state index contributed by atoms with van der Waals surface area (Å²) in [7, 11) is 0. The second-order valence-corrected chi connectivity index (χ2v) is 6.34. The fraction of sp³-hybridized carbons (Fsp3) is 0.800. The molecule has 2 atom stereocenters. The van der Waals surface area contributed by atoms with E-state index in [-0.39, 0.29) is 5.92 Å². The minimum Gasteiger partial charge on any atom is -0.481 e. The monoisotopic (exact) mass is 272 g/mol. The number of carbonyl (C=O) groups is 1. The van der Waals surface area contributed by atoms with Gasteiger partial charge in [-0.3, -0.25) is 4.79 Å². The fourth-order valence-electron chi connectivity index (χ4n) is 1.94. The zero-order chi connectivity index (χ0) is 14.0. The Morgan fingerprint density at radius 1 is 1.22 bits per heavy atom. The van der Waals surface area contributed by atoms with Crippen molar-refractivity contribution in [2.75, 3.05) is 12.0 Å². The lowest BCUT2D eigenvalue weighted by Gasteiger charge is -2.15. The van der Waals surface area contributed by atoms with Crippen LogP contribution in [0, 0.1) is 11.8 Å². The summed E-state index contributed by atoms with van der Waals surface area (Å²) in [5.74, 6) is 0.795.